The van der Waals surface area contributed by atoms with Crippen LogP contribution in [0.25, 0.3) is 0 Å². The Morgan fingerprint density at radius 2 is 1.60 bits per heavy atom. The summed E-state index contributed by atoms with van der Waals surface area (Å²) >= 11 is 0. The zero-order valence-corrected chi connectivity index (χ0v) is 14.4. The molecule has 0 radical (unpaired) electrons. The first-order chi connectivity index (χ1) is 12.1. The van der Waals surface area contributed by atoms with E-state index in [1.807, 2.05) is 42.5 Å². The minimum absolute atomic E-state index is 0.182. The summed E-state index contributed by atoms with van der Waals surface area (Å²) in [6.45, 7) is 1.28. The van der Waals surface area contributed by atoms with Crippen molar-refractivity contribution in [1.82, 2.24) is 0 Å². The first-order valence-corrected chi connectivity index (χ1v) is 8.87. The third kappa shape index (κ3) is 5.56. The number of ether oxygens (including phenoxy) is 2. The van der Waals surface area contributed by atoms with Gasteiger partial charge in [-0.15, -0.1) is 0 Å². The second kappa shape index (κ2) is 8.48. The molecule has 4 heteroatoms. The smallest absolute Gasteiger partial charge is 0.119 e. The summed E-state index contributed by atoms with van der Waals surface area (Å²) in [4.78, 5) is 0. The topological polar surface area (TPSA) is 58.9 Å². The molecule has 0 aliphatic carbocycles. The number of aliphatic hydroxyl groups excluding tert-OH is 1. The third-order valence-corrected chi connectivity index (χ3v) is 4.66. The van der Waals surface area contributed by atoms with Gasteiger partial charge in [0.05, 0.1) is 11.7 Å². The van der Waals surface area contributed by atoms with Crippen molar-refractivity contribution in [2.24, 2.45) is 0 Å². The van der Waals surface area contributed by atoms with Crippen molar-refractivity contribution in [1.29, 1.82) is 0 Å². The zero-order valence-electron chi connectivity index (χ0n) is 14.4. The van der Waals surface area contributed by atoms with Gasteiger partial charge in [-0.25, -0.2) is 0 Å². The minimum Gasteiger partial charge on any atom is -0.491 e. The van der Waals surface area contributed by atoms with Crippen LogP contribution in [0.1, 0.15) is 30.4 Å². The second-order valence-corrected chi connectivity index (χ2v) is 6.81. The molecule has 1 unspecified atom stereocenters. The van der Waals surface area contributed by atoms with Gasteiger partial charge in [0, 0.05) is 19.6 Å². The van der Waals surface area contributed by atoms with E-state index in [2.05, 4.69) is 12.1 Å². The van der Waals surface area contributed by atoms with E-state index in [-0.39, 0.29) is 6.61 Å². The van der Waals surface area contributed by atoms with E-state index in [4.69, 9.17) is 9.47 Å². The van der Waals surface area contributed by atoms with Crippen LogP contribution in [0.3, 0.4) is 0 Å². The number of rotatable bonds is 7. The van der Waals surface area contributed by atoms with Gasteiger partial charge in [0.2, 0.25) is 0 Å². The second-order valence-electron chi connectivity index (χ2n) is 6.81. The number of benzene rings is 2. The molecule has 1 aliphatic heterocycles. The highest BCUT2D eigenvalue weighted by Crippen LogP contribution is 2.26. The maximum absolute atomic E-state index is 10.4. The van der Waals surface area contributed by atoms with Crippen LogP contribution in [0.4, 0.5) is 0 Å². The molecule has 1 fully saturated rings. The molecule has 1 heterocycles. The first kappa shape index (κ1) is 17.9. The molecule has 0 bridgehead atoms. The van der Waals surface area contributed by atoms with Gasteiger partial charge in [-0.1, -0.05) is 42.5 Å². The van der Waals surface area contributed by atoms with Crippen molar-refractivity contribution < 1.29 is 19.7 Å². The highest BCUT2D eigenvalue weighted by molar-refractivity contribution is 5.31. The van der Waals surface area contributed by atoms with E-state index < -0.39 is 11.7 Å². The number of hydrogen-bond donors (Lipinski definition) is 2. The lowest BCUT2D eigenvalue weighted by Gasteiger charge is -2.33. The van der Waals surface area contributed by atoms with Gasteiger partial charge in [0.1, 0.15) is 12.4 Å². The molecule has 134 valence electrons. The first-order valence-electron chi connectivity index (χ1n) is 8.87. The van der Waals surface area contributed by atoms with Crippen molar-refractivity contribution in [3.8, 4) is 5.75 Å². The lowest BCUT2D eigenvalue weighted by atomic mass is 9.88. The van der Waals surface area contributed by atoms with Crippen LogP contribution in [0.15, 0.2) is 54.6 Å². The summed E-state index contributed by atoms with van der Waals surface area (Å²) in [7, 11) is 0. The Bertz CT molecular complexity index is 633. The average molecular weight is 342 g/mol. The van der Waals surface area contributed by atoms with Crippen LogP contribution in [0, 0.1) is 0 Å². The third-order valence-electron chi connectivity index (χ3n) is 4.66. The Morgan fingerprint density at radius 1 is 0.960 bits per heavy atom. The van der Waals surface area contributed by atoms with Crippen molar-refractivity contribution in [2.45, 2.75) is 37.4 Å². The largest absolute Gasteiger partial charge is 0.491 e. The van der Waals surface area contributed by atoms with Crippen molar-refractivity contribution in [3.63, 3.8) is 0 Å². The summed E-state index contributed by atoms with van der Waals surface area (Å²) in [5.41, 5.74) is 1.66. The molecule has 0 spiro atoms. The fourth-order valence-corrected chi connectivity index (χ4v) is 3.18. The summed E-state index contributed by atoms with van der Waals surface area (Å²) in [6, 6.07) is 18.3. The molecule has 1 aliphatic rings. The van der Waals surface area contributed by atoms with E-state index in [9.17, 15) is 10.2 Å². The predicted octanol–water partition coefficient (Wildman–Crippen LogP) is 2.95. The maximum Gasteiger partial charge on any atom is 0.119 e. The quantitative estimate of drug-likeness (QED) is 0.812. The molecule has 2 aromatic carbocycles. The maximum atomic E-state index is 10.4. The van der Waals surface area contributed by atoms with Crippen LogP contribution in [0.5, 0.6) is 5.75 Å². The van der Waals surface area contributed by atoms with Crippen molar-refractivity contribution in [2.75, 3.05) is 19.8 Å². The van der Waals surface area contributed by atoms with E-state index in [1.54, 1.807) is 0 Å². The van der Waals surface area contributed by atoms with Gasteiger partial charge >= 0.3 is 0 Å². The van der Waals surface area contributed by atoms with Crippen LogP contribution in [0.2, 0.25) is 0 Å². The lowest BCUT2D eigenvalue weighted by Crippen LogP contribution is -2.40. The minimum atomic E-state index is -0.833. The van der Waals surface area contributed by atoms with Crippen molar-refractivity contribution in [3.05, 3.63) is 65.7 Å². The standard InChI is InChI=1S/C21H26O4/c22-19(15-21(23)10-12-24-13-11-21)16-25-20-8-6-18(7-9-20)14-17-4-2-1-3-5-17/h1-9,19,22-23H,10-16H2. The Labute approximate surface area is 149 Å². The SMILES string of the molecule is OC(COc1ccc(Cc2ccccc2)cc1)CC1(O)CCOCC1. The molecule has 1 saturated heterocycles. The van der Waals surface area contributed by atoms with Gasteiger partial charge in [-0.2, -0.15) is 0 Å². The van der Waals surface area contributed by atoms with E-state index >= 15 is 0 Å². The average Bonchev–Trinajstić information content (AvgIpc) is 2.62. The summed E-state index contributed by atoms with van der Waals surface area (Å²) < 4.78 is 10.9. The van der Waals surface area contributed by atoms with Crippen LogP contribution in [-0.4, -0.2) is 41.7 Å². The van der Waals surface area contributed by atoms with Crippen molar-refractivity contribution >= 4 is 0 Å². The van der Waals surface area contributed by atoms with Crippen LogP contribution < -0.4 is 4.74 Å². The summed E-state index contributed by atoms with van der Waals surface area (Å²) in [5, 5.41) is 20.6. The Kier molecular flexibility index (Phi) is 6.08. The fourth-order valence-electron chi connectivity index (χ4n) is 3.18. The molecule has 4 nitrogen and oxygen atoms in total. The molecule has 0 saturated carbocycles. The fraction of sp³-hybridized carbons (Fsp3) is 0.429. The van der Waals surface area contributed by atoms with E-state index in [0.29, 0.717) is 32.5 Å². The molecule has 25 heavy (non-hydrogen) atoms. The Hall–Kier alpha value is -1.88. The highest BCUT2D eigenvalue weighted by Gasteiger charge is 2.32. The molecule has 0 aromatic heterocycles. The van der Waals surface area contributed by atoms with Gasteiger partial charge in [0.25, 0.3) is 0 Å². The molecule has 2 aromatic rings. The summed E-state index contributed by atoms with van der Waals surface area (Å²) in [6.07, 6.45) is 1.66. The van der Waals surface area contributed by atoms with E-state index in [1.165, 1.54) is 11.1 Å². The predicted molar refractivity (Wildman–Crippen MR) is 96.8 cm³/mol. The molecular formula is C21H26O4. The zero-order chi connectivity index (χ0) is 17.5. The number of hydrogen-bond acceptors (Lipinski definition) is 4. The molecule has 2 N–H and O–H groups in total. The van der Waals surface area contributed by atoms with Gasteiger partial charge < -0.3 is 19.7 Å². The molecule has 3 rings (SSSR count). The molecule has 1 atom stereocenters. The molecular weight excluding hydrogens is 316 g/mol. The van der Waals surface area contributed by atoms with Crippen LogP contribution >= 0.6 is 0 Å². The Morgan fingerprint density at radius 3 is 2.28 bits per heavy atom. The lowest BCUT2D eigenvalue weighted by molar-refractivity contribution is -0.0906. The van der Waals surface area contributed by atoms with Gasteiger partial charge in [-0.05, 0) is 42.5 Å². The Balaban J connectivity index is 1.46. The van der Waals surface area contributed by atoms with Gasteiger partial charge in [0.15, 0.2) is 0 Å². The summed E-state index contributed by atoms with van der Waals surface area (Å²) in [5.74, 6) is 0.731. The van der Waals surface area contributed by atoms with Crippen LogP contribution in [-0.2, 0) is 11.2 Å². The normalized spacial score (nSPS) is 17.8. The molecule has 0 amide bonds. The monoisotopic (exact) mass is 342 g/mol. The van der Waals surface area contributed by atoms with Gasteiger partial charge in [-0.3, -0.25) is 0 Å². The van der Waals surface area contributed by atoms with E-state index in [0.717, 1.165) is 12.2 Å². The highest BCUT2D eigenvalue weighted by atomic mass is 16.5. The number of aliphatic hydroxyl groups is 2.